The largest absolute Gasteiger partial charge is 0.383 e. The molecule has 2 heterocycles. The van der Waals surface area contributed by atoms with Gasteiger partial charge in [-0.2, -0.15) is 9.97 Å². The van der Waals surface area contributed by atoms with Crippen molar-refractivity contribution in [1.82, 2.24) is 15.0 Å². The van der Waals surface area contributed by atoms with E-state index < -0.39 is 0 Å². The first-order valence-corrected chi connectivity index (χ1v) is 6.61. The topological polar surface area (TPSA) is 90.7 Å². The minimum absolute atomic E-state index is 0.134. The van der Waals surface area contributed by atoms with E-state index in [0.29, 0.717) is 17.9 Å². The smallest absolute Gasteiger partial charge is 0.224 e. The summed E-state index contributed by atoms with van der Waals surface area (Å²) in [5.74, 6) is 0.489. The number of fused-ring (bicyclic) bond motifs is 1. The Morgan fingerprint density at radius 2 is 2.10 bits per heavy atom. The van der Waals surface area contributed by atoms with Gasteiger partial charge in [0.25, 0.3) is 0 Å². The molecule has 0 saturated heterocycles. The molecule has 20 heavy (non-hydrogen) atoms. The fourth-order valence-corrected chi connectivity index (χ4v) is 2.50. The first-order valence-electron chi connectivity index (χ1n) is 6.20. The summed E-state index contributed by atoms with van der Waals surface area (Å²) in [6, 6.07) is 1.92. The minimum Gasteiger partial charge on any atom is -0.383 e. The summed E-state index contributed by atoms with van der Waals surface area (Å²) < 4.78 is 0. The molecule has 2 aromatic heterocycles. The molecule has 0 unspecified atom stereocenters. The highest BCUT2D eigenvalue weighted by Crippen LogP contribution is 2.25. The predicted octanol–water partition coefficient (Wildman–Crippen LogP) is 1.99. The van der Waals surface area contributed by atoms with Gasteiger partial charge in [0.05, 0.1) is 5.39 Å². The Kier molecular flexibility index (Phi) is 3.15. The molecule has 0 aromatic carbocycles. The standard InChI is InChI=1S/C14H13N5S/c15-12-11-9(7-8-3-1-2-4-10(8)20)5-6-17-13(11)19-14(16)18-12/h1-3,5-6H,4,7H2,(H4,15,16,17,18,19). The summed E-state index contributed by atoms with van der Waals surface area (Å²) in [5, 5.41) is 0.750. The second-order valence-corrected chi connectivity index (χ2v) is 5.05. The quantitative estimate of drug-likeness (QED) is 0.819. The van der Waals surface area contributed by atoms with E-state index in [0.717, 1.165) is 27.8 Å². The van der Waals surface area contributed by atoms with E-state index in [1.807, 2.05) is 18.2 Å². The van der Waals surface area contributed by atoms with Gasteiger partial charge in [-0.05, 0) is 23.6 Å². The molecule has 0 saturated carbocycles. The van der Waals surface area contributed by atoms with Crippen molar-refractivity contribution in [3.63, 3.8) is 0 Å². The molecule has 4 N–H and O–H groups in total. The average Bonchev–Trinajstić information content (AvgIpc) is 2.41. The van der Waals surface area contributed by atoms with Gasteiger partial charge in [0, 0.05) is 17.5 Å². The second-order valence-electron chi connectivity index (χ2n) is 4.56. The molecule has 0 bridgehead atoms. The lowest BCUT2D eigenvalue weighted by molar-refractivity contribution is 1.16. The minimum atomic E-state index is 0.134. The van der Waals surface area contributed by atoms with Crippen molar-refractivity contribution < 1.29 is 0 Å². The lowest BCUT2D eigenvalue weighted by atomic mass is 9.96. The van der Waals surface area contributed by atoms with Crippen molar-refractivity contribution in [2.24, 2.45) is 0 Å². The van der Waals surface area contributed by atoms with Gasteiger partial charge in [-0.25, -0.2) is 4.98 Å². The van der Waals surface area contributed by atoms with E-state index in [1.165, 1.54) is 0 Å². The van der Waals surface area contributed by atoms with Crippen molar-refractivity contribution in [2.45, 2.75) is 12.8 Å². The molecule has 0 atom stereocenters. The van der Waals surface area contributed by atoms with Gasteiger partial charge in [-0.3, -0.25) is 0 Å². The Balaban J connectivity index is 2.10. The van der Waals surface area contributed by atoms with Crippen molar-refractivity contribution in [3.8, 4) is 0 Å². The lowest BCUT2D eigenvalue weighted by Crippen LogP contribution is -2.07. The Bertz CT molecular complexity index is 763. The Labute approximate surface area is 121 Å². The normalized spacial score (nSPS) is 14.6. The molecular formula is C14H13N5S. The van der Waals surface area contributed by atoms with E-state index in [4.69, 9.17) is 23.7 Å². The number of nitrogen functional groups attached to an aromatic ring is 2. The molecule has 1 aliphatic rings. The van der Waals surface area contributed by atoms with Crippen LogP contribution in [0.4, 0.5) is 11.8 Å². The Morgan fingerprint density at radius 3 is 2.90 bits per heavy atom. The number of nitrogens with zero attached hydrogens (tertiary/aromatic N) is 3. The zero-order valence-electron chi connectivity index (χ0n) is 10.7. The zero-order valence-corrected chi connectivity index (χ0v) is 11.5. The fourth-order valence-electron chi connectivity index (χ4n) is 2.26. The maximum absolute atomic E-state index is 5.96. The monoisotopic (exact) mass is 283 g/mol. The van der Waals surface area contributed by atoms with E-state index in [9.17, 15) is 0 Å². The fraction of sp³-hybridized carbons (Fsp3) is 0.143. The highest BCUT2D eigenvalue weighted by atomic mass is 32.1. The number of anilines is 2. The molecule has 0 fully saturated rings. The van der Waals surface area contributed by atoms with Crippen LogP contribution < -0.4 is 11.5 Å². The first kappa shape index (κ1) is 12.7. The van der Waals surface area contributed by atoms with Gasteiger partial charge in [-0.1, -0.05) is 30.4 Å². The van der Waals surface area contributed by atoms with Crippen LogP contribution in [-0.4, -0.2) is 19.8 Å². The number of allylic oxidation sites excluding steroid dienone is 4. The molecule has 0 aliphatic heterocycles. The summed E-state index contributed by atoms with van der Waals surface area (Å²) in [4.78, 5) is 13.3. The molecule has 100 valence electrons. The molecule has 2 aromatic rings. The first-order chi connectivity index (χ1) is 9.65. The third-order valence-electron chi connectivity index (χ3n) is 3.20. The summed E-state index contributed by atoms with van der Waals surface area (Å²) in [5.41, 5.74) is 14.2. The van der Waals surface area contributed by atoms with Crippen LogP contribution in [0.2, 0.25) is 0 Å². The summed E-state index contributed by atoms with van der Waals surface area (Å²) >= 11 is 5.38. The van der Waals surface area contributed by atoms with Crippen molar-refractivity contribution in [2.75, 3.05) is 11.5 Å². The predicted molar refractivity (Wildman–Crippen MR) is 84.3 cm³/mol. The number of hydrogen-bond donors (Lipinski definition) is 2. The summed E-state index contributed by atoms with van der Waals surface area (Å²) in [6.07, 6.45) is 9.31. The Hall–Kier alpha value is -2.34. The zero-order chi connectivity index (χ0) is 14.1. The van der Waals surface area contributed by atoms with E-state index in [2.05, 4.69) is 21.0 Å². The van der Waals surface area contributed by atoms with Crippen LogP contribution in [0.1, 0.15) is 12.0 Å². The molecular weight excluding hydrogens is 270 g/mol. The van der Waals surface area contributed by atoms with Gasteiger partial charge in [-0.15, -0.1) is 0 Å². The molecule has 0 spiro atoms. The lowest BCUT2D eigenvalue weighted by Gasteiger charge is -2.12. The summed E-state index contributed by atoms with van der Waals surface area (Å²) in [6.45, 7) is 0. The third kappa shape index (κ3) is 2.25. The number of hydrogen-bond acceptors (Lipinski definition) is 6. The van der Waals surface area contributed by atoms with E-state index in [1.54, 1.807) is 6.20 Å². The van der Waals surface area contributed by atoms with Crippen molar-refractivity contribution in [1.29, 1.82) is 0 Å². The molecule has 5 nitrogen and oxygen atoms in total. The number of aromatic nitrogens is 3. The molecule has 0 radical (unpaired) electrons. The van der Waals surface area contributed by atoms with Crippen LogP contribution in [0.25, 0.3) is 11.0 Å². The number of nitrogens with two attached hydrogens (primary N) is 2. The van der Waals surface area contributed by atoms with Crippen LogP contribution in [0.5, 0.6) is 0 Å². The number of thiocarbonyl (C=S) groups is 1. The van der Waals surface area contributed by atoms with Gasteiger partial charge in [0.2, 0.25) is 5.95 Å². The second kappa shape index (κ2) is 4.97. The third-order valence-corrected chi connectivity index (χ3v) is 3.63. The average molecular weight is 283 g/mol. The van der Waals surface area contributed by atoms with E-state index in [-0.39, 0.29) is 5.95 Å². The van der Waals surface area contributed by atoms with Gasteiger partial charge < -0.3 is 11.5 Å². The Morgan fingerprint density at radius 1 is 1.25 bits per heavy atom. The van der Waals surface area contributed by atoms with E-state index >= 15 is 0 Å². The van der Waals surface area contributed by atoms with Gasteiger partial charge in [0.1, 0.15) is 5.82 Å². The SMILES string of the molecule is Nc1nc(N)c2c(CC3=CC=CCC3=S)ccnc2n1. The molecule has 0 amide bonds. The molecule has 6 heteroatoms. The maximum atomic E-state index is 5.96. The van der Waals surface area contributed by atoms with Crippen LogP contribution in [0.15, 0.2) is 36.1 Å². The highest BCUT2D eigenvalue weighted by molar-refractivity contribution is 7.80. The van der Waals surface area contributed by atoms with Gasteiger partial charge >= 0.3 is 0 Å². The van der Waals surface area contributed by atoms with Crippen LogP contribution in [0.3, 0.4) is 0 Å². The number of rotatable bonds is 2. The number of pyridine rings is 1. The van der Waals surface area contributed by atoms with Crippen LogP contribution in [-0.2, 0) is 6.42 Å². The van der Waals surface area contributed by atoms with Crippen LogP contribution >= 0.6 is 12.2 Å². The molecule has 3 rings (SSSR count). The van der Waals surface area contributed by atoms with Crippen molar-refractivity contribution in [3.05, 3.63) is 41.6 Å². The maximum Gasteiger partial charge on any atom is 0.224 e. The van der Waals surface area contributed by atoms with Gasteiger partial charge in [0.15, 0.2) is 5.65 Å². The van der Waals surface area contributed by atoms with Crippen LogP contribution in [0, 0.1) is 0 Å². The summed E-state index contributed by atoms with van der Waals surface area (Å²) in [7, 11) is 0. The van der Waals surface area contributed by atoms with Crippen molar-refractivity contribution >= 4 is 39.9 Å². The highest BCUT2D eigenvalue weighted by Gasteiger charge is 2.13. The molecule has 1 aliphatic carbocycles.